The molecule has 5 fully saturated rings. The molecule has 4 saturated carbocycles. The van der Waals surface area contributed by atoms with Gasteiger partial charge in [0.2, 0.25) is 0 Å². The third kappa shape index (κ3) is 3.66. The highest BCUT2D eigenvalue weighted by atomic mass is 16.6. The number of carbonyl (C=O) groups excluding carboxylic acids is 1. The van der Waals surface area contributed by atoms with E-state index in [1.54, 1.807) is 4.90 Å². The number of amides is 1. The van der Waals surface area contributed by atoms with Gasteiger partial charge in [0.1, 0.15) is 0 Å². The van der Waals surface area contributed by atoms with Crippen LogP contribution in [0.3, 0.4) is 0 Å². The van der Waals surface area contributed by atoms with Crippen molar-refractivity contribution in [3.63, 3.8) is 0 Å². The number of hydrogen-bond acceptors (Lipinski definition) is 4. The fourth-order valence-electron chi connectivity index (χ4n) is 9.84. The van der Waals surface area contributed by atoms with E-state index >= 15 is 0 Å². The Balaban J connectivity index is 1.34. The number of ether oxygens (including phenoxy) is 1. The van der Waals surface area contributed by atoms with Crippen molar-refractivity contribution in [2.75, 3.05) is 19.7 Å². The van der Waals surface area contributed by atoms with E-state index in [0.29, 0.717) is 48.0 Å². The Morgan fingerprint density at radius 3 is 2.39 bits per heavy atom. The molecule has 0 bridgehead atoms. The van der Waals surface area contributed by atoms with E-state index in [-0.39, 0.29) is 29.1 Å². The van der Waals surface area contributed by atoms with Gasteiger partial charge in [-0.15, -0.1) is 0 Å². The molecule has 1 aliphatic heterocycles. The number of likely N-dealkylation sites (tertiary alicyclic amines) is 1. The summed E-state index contributed by atoms with van der Waals surface area (Å²) in [6.07, 6.45) is 9.25. The molecular formula is C28H47NO4. The highest BCUT2D eigenvalue weighted by Crippen LogP contribution is 2.69. The van der Waals surface area contributed by atoms with Crippen molar-refractivity contribution in [1.29, 1.82) is 0 Å². The van der Waals surface area contributed by atoms with Crippen LogP contribution in [0.5, 0.6) is 0 Å². The van der Waals surface area contributed by atoms with Gasteiger partial charge in [0.25, 0.3) is 0 Å². The van der Waals surface area contributed by atoms with Crippen LogP contribution in [-0.2, 0) is 4.74 Å². The summed E-state index contributed by atoms with van der Waals surface area (Å²) in [5, 5.41) is 22.3. The molecule has 0 aromatic carbocycles. The topological polar surface area (TPSA) is 70.0 Å². The number of hydrogen-bond donors (Lipinski definition) is 2. The number of aliphatic hydroxyl groups excluding tert-OH is 2. The van der Waals surface area contributed by atoms with Crippen LogP contribution < -0.4 is 0 Å². The highest BCUT2D eigenvalue weighted by Gasteiger charge is 2.64. The highest BCUT2D eigenvalue weighted by molar-refractivity contribution is 5.68. The molecule has 2 N–H and O–H groups in total. The minimum atomic E-state index is -0.244. The second kappa shape index (κ2) is 8.69. The Morgan fingerprint density at radius 1 is 1.03 bits per heavy atom. The zero-order valence-electron chi connectivity index (χ0n) is 21.3. The summed E-state index contributed by atoms with van der Waals surface area (Å²) in [7, 11) is 0. The predicted octanol–water partition coefficient (Wildman–Crippen LogP) is 5.09. The lowest BCUT2D eigenvalue weighted by Crippen LogP contribution is -2.62. The summed E-state index contributed by atoms with van der Waals surface area (Å²) in [4.78, 5) is 14.1. The van der Waals surface area contributed by atoms with Crippen LogP contribution >= 0.6 is 0 Å². The van der Waals surface area contributed by atoms with E-state index in [4.69, 9.17) is 4.74 Å². The summed E-state index contributed by atoms with van der Waals surface area (Å²) in [6, 6.07) is 0. The first-order chi connectivity index (χ1) is 15.7. The molecule has 5 heteroatoms. The van der Waals surface area contributed by atoms with Crippen molar-refractivity contribution < 1.29 is 19.7 Å². The van der Waals surface area contributed by atoms with E-state index < -0.39 is 0 Å². The molecule has 5 nitrogen and oxygen atoms in total. The first kappa shape index (κ1) is 23.9. The largest absolute Gasteiger partial charge is 0.449 e. The zero-order valence-corrected chi connectivity index (χ0v) is 21.3. The third-order valence-electron chi connectivity index (χ3n) is 11.7. The Kier molecular flexibility index (Phi) is 6.30. The average molecular weight is 462 g/mol. The van der Waals surface area contributed by atoms with Crippen molar-refractivity contribution in [2.24, 2.45) is 52.3 Å². The molecule has 1 amide bonds. The maximum atomic E-state index is 12.3. The number of rotatable bonds is 4. The summed E-state index contributed by atoms with van der Waals surface area (Å²) < 4.78 is 5.72. The minimum Gasteiger partial charge on any atom is -0.449 e. The number of fused-ring (bicyclic) bond motifs is 5. The molecule has 11 atom stereocenters. The lowest BCUT2D eigenvalue weighted by atomic mass is 9.41. The Morgan fingerprint density at radius 2 is 1.73 bits per heavy atom. The van der Waals surface area contributed by atoms with E-state index in [9.17, 15) is 15.0 Å². The van der Waals surface area contributed by atoms with Crippen molar-refractivity contribution in [3.8, 4) is 0 Å². The lowest BCUT2D eigenvalue weighted by Gasteiger charge is -2.64. The quantitative estimate of drug-likeness (QED) is 0.612. The molecule has 5 aliphatic rings. The van der Waals surface area contributed by atoms with Gasteiger partial charge in [0, 0.05) is 13.1 Å². The molecule has 33 heavy (non-hydrogen) atoms. The van der Waals surface area contributed by atoms with E-state index in [2.05, 4.69) is 27.7 Å². The SMILES string of the molecule is CC[C@H]1[C@@H](O)[C@H]2[C@@H]3CC[C@H]([C@H](C)COC(=O)N4CCC4)C3(C)CC[C@@H]2C2(C)CC[C@@H](O)C[C@@H]12. The van der Waals surface area contributed by atoms with Crippen LogP contribution in [0, 0.1) is 52.3 Å². The second-order valence-corrected chi connectivity index (χ2v) is 13.0. The summed E-state index contributed by atoms with van der Waals surface area (Å²) in [5.41, 5.74) is 0.474. The smallest absolute Gasteiger partial charge is 0.409 e. The molecule has 1 heterocycles. The van der Waals surface area contributed by atoms with Crippen molar-refractivity contribution in [2.45, 2.75) is 97.7 Å². The molecule has 5 rings (SSSR count). The second-order valence-electron chi connectivity index (χ2n) is 13.0. The van der Waals surface area contributed by atoms with Crippen molar-refractivity contribution in [3.05, 3.63) is 0 Å². The van der Waals surface area contributed by atoms with Crippen LogP contribution in [0.4, 0.5) is 4.79 Å². The van der Waals surface area contributed by atoms with Crippen LogP contribution in [0.25, 0.3) is 0 Å². The van der Waals surface area contributed by atoms with Gasteiger partial charge in [-0.2, -0.15) is 0 Å². The summed E-state index contributed by atoms with van der Waals surface area (Å²) in [6.45, 7) is 11.7. The minimum absolute atomic E-state index is 0.136. The summed E-state index contributed by atoms with van der Waals surface area (Å²) >= 11 is 0. The molecular weight excluding hydrogens is 414 g/mol. The monoisotopic (exact) mass is 461 g/mol. The van der Waals surface area contributed by atoms with E-state index in [0.717, 1.165) is 45.2 Å². The number of aliphatic hydroxyl groups is 2. The number of carbonyl (C=O) groups is 1. The van der Waals surface area contributed by atoms with Gasteiger partial charge in [-0.1, -0.05) is 34.1 Å². The molecule has 1 saturated heterocycles. The Bertz CT molecular complexity index is 739. The lowest BCUT2D eigenvalue weighted by molar-refractivity contribution is -0.203. The van der Waals surface area contributed by atoms with Crippen molar-refractivity contribution in [1.82, 2.24) is 4.90 Å². The molecule has 0 spiro atoms. The molecule has 0 aromatic heterocycles. The van der Waals surface area contributed by atoms with Gasteiger partial charge in [-0.05, 0) is 104 Å². The molecule has 0 radical (unpaired) electrons. The van der Waals surface area contributed by atoms with Gasteiger partial charge in [-0.25, -0.2) is 4.79 Å². The number of nitrogens with zero attached hydrogens (tertiary/aromatic N) is 1. The van der Waals surface area contributed by atoms with E-state index in [1.807, 2.05) is 0 Å². The molecule has 188 valence electrons. The van der Waals surface area contributed by atoms with Gasteiger partial charge in [0.15, 0.2) is 0 Å². The zero-order chi connectivity index (χ0) is 23.5. The fourth-order valence-corrected chi connectivity index (χ4v) is 9.84. The van der Waals surface area contributed by atoms with Gasteiger partial charge in [0.05, 0.1) is 18.8 Å². The Labute approximate surface area is 200 Å². The molecule has 0 aromatic rings. The van der Waals surface area contributed by atoms with Crippen molar-refractivity contribution >= 4 is 6.09 Å². The normalized spacial score (nSPS) is 49.9. The first-order valence-corrected chi connectivity index (χ1v) is 14.0. The molecule has 2 unspecified atom stereocenters. The maximum absolute atomic E-state index is 12.3. The van der Waals surface area contributed by atoms with Crippen LogP contribution in [0.1, 0.15) is 85.5 Å². The van der Waals surface area contributed by atoms with Gasteiger partial charge >= 0.3 is 6.09 Å². The predicted molar refractivity (Wildman–Crippen MR) is 128 cm³/mol. The fraction of sp³-hybridized carbons (Fsp3) is 0.964. The van der Waals surface area contributed by atoms with E-state index in [1.165, 1.54) is 25.7 Å². The average Bonchev–Trinajstić information content (AvgIpc) is 3.09. The Hall–Kier alpha value is -0.810. The van der Waals surface area contributed by atoms with Crippen LogP contribution in [0.2, 0.25) is 0 Å². The standard InChI is InChI=1S/C28H47NO4/c1-5-19-23-15-18(30)9-11-28(23,4)22-10-12-27(3)20(7-8-21(27)24(22)25(19)31)17(2)16-33-26(32)29-13-6-14-29/h17-25,30-31H,5-16H2,1-4H3/t17-,18-,19-,20-,21+,22+,23+,24+,25-,27?,28?/m1/s1. The molecule has 4 aliphatic carbocycles. The van der Waals surface area contributed by atoms with Crippen LogP contribution in [0.15, 0.2) is 0 Å². The third-order valence-corrected chi connectivity index (χ3v) is 11.7. The van der Waals surface area contributed by atoms with Gasteiger partial charge < -0.3 is 19.8 Å². The first-order valence-electron chi connectivity index (χ1n) is 14.0. The van der Waals surface area contributed by atoms with Gasteiger partial charge in [-0.3, -0.25) is 0 Å². The van der Waals surface area contributed by atoms with Crippen LogP contribution in [-0.4, -0.2) is 53.1 Å². The summed E-state index contributed by atoms with van der Waals surface area (Å²) in [5.74, 6) is 3.18. The maximum Gasteiger partial charge on any atom is 0.409 e.